The van der Waals surface area contributed by atoms with E-state index in [4.69, 9.17) is 18.9 Å². The molecule has 2 unspecified atom stereocenters. The number of benzene rings is 2. The fourth-order valence-electron chi connectivity index (χ4n) is 11.1. The molecule has 2 aromatic carbocycles. The van der Waals surface area contributed by atoms with Crippen LogP contribution in [-0.2, 0) is 94.9 Å². The van der Waals surface area contributed by atoms with Gasteiger partial charge in [0, 0.05) is 53.2 Å². The van der Waals surface area contributed by atoms with Crippen molar-refractivity contribution in [2.45, 2.75) is 207 Å². The monoisotopic (exact) mass is 1410 g/mol. The van der Waals surface area contributed by atoms with Gasteiger partial charge in [0.1, 0.15) is 35.6 Å². The number of halogens is 12. The lowest BCUT2D eigenvalue weighted by molar-refractivity contribution is -0.176. The molecule has 4 aromatic rings. The fourth-order valence-corrected chi connectivity index (χ4v) is 11.1. The molecule has 1 aliphatic rings. The van der Waals surface area contributed by atoms with E-state index in [1.165, 1.54) is 104 Å². The highest BCUT2D eigenvalue weighted by atomic mass is 19.4. The topological polar surface area (TPSA) is 222 Å². The Hall–Kier alpha value is -8.22. The van der Waals surface area contributed by atoms with Crippen LogP contribution in [0.2, 0.25) is 0 Å². The van der Waals surface area contributed by atoms with Gasteiger partial charge >= 0.3 is 48.6 Å². The van der Waals surface area contributed by atoms with E-state index in [2.05, 4.69) is 10.2 Å². The van der Waals surface area contributed by atoms with Crippen molar-refractivity contribution in [1.29, 1.82) is 0 Å². The molecule has 3 heterocycles. The zero-order valence-corrected chi connectivity index (χ0v) is 57.1. The summed E-state index contributed by atoms with van der Waals surface area (Å²) in [7, 11) is 4.72. The van der Waals surface area contributed by atoms with Gasteiger partial charge in [-0.1, -0.05) is 104 Å². The summed E-state index contributed by atoms with van der Waals surface area (Å²) in [6.07, 6.45) is -30.0. The number of esters is 4. The highest BCUT2D eigenvalue weighted by Crippen LogP contribution is 2.40. The van der Waals surface area contributed by atoms with Crippen molar-refractivity contribution in [3.05, 3.63) is 106 Å². The molecule has 1 aliphatic heterocycles. The van der Waals surface area contributed by atoms with Crippen LogP contribution in [0.5, 0.6) is 0 Å². The Morgan fingerprint density at radius 1 is 0.378 bits per heavy atom. The van der Waals surface area contributed by atoms with Gasteiger partial charge in [0.05, 0.1) is 12.1 Å². The standard InChI is InChI=1S/C66H84F12N8O12/c1-33(2)25-45-59(91)95-39(11)55(87)81(13)48(28-36(7)8)62(94)98-50(30-42-19-23-44(24-20-42)38(10)86-54(66(76,77)78)32-52(80-86)64(70,71)72)58(90)84(16)46(26-34(3)4)60(92)96-40(12)56(88)82(14)47(27-35(5)6)61(93)97-49(57(89)83(45)15)29-41-17-21-43(22-18-41)37(9)85-53(65(73,74)75)31-51(79-85)63(67,68)69/h17-24,31-40,45-50H,25-30H2,1-16H3/t37?,38?,39-,40-,45+,46+,47+,48+,49-,50-/m1/s1. The van der Waals surface area contributed by atoms with E-state index in [1.54, 1.807) is 55.4 Å². The van der Waals surface area contributed by atoms with E-state index in [0.29, 0.717) is 0 Å². The summed E-state index contributed by atoms with van der Waals surface area (Å²) >= 11 is 0. The maximum atomic E-state index is 15.1. The fraction of sp³-hybridized carbons (Fsp3) is 0.606. The predicted molar refractivity (Wildman–Crippen MR) is 327 cm³/mol. The quantitative estimate of drug-likeness (QED) is 0.0578. The number of amides is 4. The molecule has 10 atom stereocenters. The Morgan fingerprint density at radius 2 is 0.622 bits per heavy atom. The molecule has 0 aliphatic carbocycles. The Labute approximate surface area is 559 Å². The lowest BCUT2D eigenvalue weighted by atomic mass is 9.99. The van der Waals surface area contributed by atoms with Gasteiger partial charge < -0.3 is 38.5 Å². The van der Waals surface area contributed by atoms with Gasteiger partial charge in [0.15, 0.2) is 35.8 Å². The third-order valence-electron chi connectivity index (χ3n) is 16.6. The average Bonchev–Trinajstić information content (AvgIpc) is 1.66. The number of cyclic esters (lactones) is 4. The second-order valence-corrected chi connectivity index (χ2v) is 26.3. The summed E-state index contributed by atoms with van der Waals surface area (Å²) in [6.45, 7) is 18.1. The van der Waals surface area contributed by atoms with E-state index >= 15 is 9.59 Å². The summed E-state index contributed by atoms with van der Waals surface area (Å²) in [5, 5.41) is 6.44. The van der Waals surface area contributed by atoms with Crippen LogP contribution in [0.25, 0.3) is 0 Å². The molecular formula is C66H84F12N8O12. The van der Waals surface area contributed by atoms with Gasteiger partial charge in [-0.2, -0.15) is 62.9 Å². The Kier molecular flexibility index (Phi) is 26.4. The molecule has 544 valence electrons. The van der Waals surface area contributed by atoms with Crippen molar-refractivity contribution in [2.75, 3.05) is 28.2 Å². The van der Waals surface area contributed by atoms with Crippen molar-refractivity contribution in [2.24, 2.45) is 23.7 Å². The van der Waals surface area contributed by atoms with Crippen LogP contribution in [0.3, 0.4) is 0 Å². The average molecular weight is 1410 g/mol. The van der Waals surface area contributed by atoms with Crippen molar-refractivity contribution < 1.29 is 110 Å². The molecular weight excluding hydrogens is 1320 g/mol. The minimum Gasteiger partial charge on any atom is -0.451 e. The molecule has 0 N–H and O–H groups in total. The third-order valence-corrected chi connectivity index (χ3v) is 16.6. The highest BCUT2D eigenvalue weighted by Gasteiger charge is 2.47. The number of hydrogen-bond acceptors (Lipinski definition) is 14. The maximum absolute atomic E-state index is 15.1. The molecule has 0 radical (unpaired) electrons. The van der Waals surface area contributed by atoms with E-state index in [9.17, 15) is 81.5 Å². The number of likely N-dealkylation sites (N-methyl/N-ethyl adjacent to an activating group) is 4. The van der Waals surface area contributed by atoms with Crippen LogP contribution in [-0.4, -0.2) is 163 Å². The van der Waals surface area contributed by atoms with Gasteiger partial charge in [0.2, 0.25) is 0 Å². The summed E-state index contributed by atoms with van der Waals surface area (Å²) in [4.78, 5) is 122. The van der Waals surface area contributed by atoms with E-state index in [-0.39, 0.29) is 69.4 Å². The second kappa shape index (κ2) is 32.2. The number of hydrogen-bond donors (Lipinski definition) is 0. The SMILES string of the molecule is CC(C)C[C@H]1C(=O)O[C@H](Cc2ccc(C(C)n3nc(C(F)(F)F)cc3C(F)(F)F)cc2)C(=O)N(C)[C@@H](CC(C)C)C(=O)O[C@H](C)C(=O)N(C)[C@@H](CC(C)C)C(=O)O[C@H](Cc2ccc(C(C)n3nc(C(F)(F)F)cc3C(F)(F)F)cc2)C(=O)N(C)[C@@H](CC(C)C)C(=O)O[C@H](C)C(=O)N1C. The zero-order chi connectivity index (χ0) is 74.3. The lowest BCUT2D eigenvalue weighted by Gasteiger charge is -2.35. The Bertz CT molecular complexity index is 3220. The minimum absolute atomic E-state index is 0.0211. The first-order chi connectivity index (χ1) is 45.0. The van der Waals surface area contributed by atoms with Crippen LogP contribution in [0.15, 0.2) is 60.7 Å². The second-order valence-electron chi connectivity index (χ2n) is 26.3. The third kappa shape index (κ3) is 20.5. The molecule has 20 nitrogen and oxygen atoms in total. The molecule has 32 heteroatoms. The first-order valence-electron chi connectivity index (χ1n) is 31.6. The number of rotatable bonds is 16. The number of ether oxygens (including phenoxy) is 4. The molecule has 1 fully saturated rings. The first-order valence-corrected chi connectivity index (χ1v) is 31.6. The van der Waals surface area contributed by atoms with Crippen LogP contribution in [0.4, 0.5) is 52.7 Å². The summed E-state index contributed by atoms with van der Waals surface area (Å²) in [5.41, 5.74) is -6.61. The van der Waals surface area contributed by atoms with Crippen molar-refractivity contribution in [3.8, 4) is 0 Å². The van der Waals surface area contributed by atoms with Gasteiger partial charge in [-0.3, -0.25) is 28.5 Å². The van der Waals surface area contributed by atoms with Gasteiger partial charge in [0.25, 0.3) is 23.6 Å². The molecule has 5 rings (SSSR count). The number of nitrogens with zero attached hydrogens (tertiary/aromatic N) is 8. The molecule has 4 amide bonds. The van der Waals surface area contributed by atoms with Gasteiger partial charge in [-0.25, -0.2) is 19.2 Å². The van der Waals surface area contributed by atoms with E-state index in [0.717, 1.165) is 19.6 Å². The molecule has 98 heavy (non-hydrogen) atoms. The number of carbonyl (C=O) groups excluding carboxylic acids is 8. The van der Waals surface area contributed by atoms with Crippen molar-refractivity contribution >= 4 is 47.5 Å². The first kappa shape index (κ1) is 80.5. The van der Waals surface area contributed by atoms with Crippen molar-refractivity contribution in [1.82, 2.24) is 39.2 Å². The predicted octanol–water partition coefficient (Wildman–Crippen LogP) is 11.4. The normalized spacial score (nSPS) is 22.6. The number of carbonyl (C=O) groups is 8. The van der Waals surface area contributed by atoms with E-state index in [1.807, 2.05) is 0 Å². The number of alkyl halides is 12. The van der Waals surface area contributed by atoms with Crippen molar-refractivity contribution in [3.63, 3.8) is 0 Å². The van der Waals surface area contributed by atoms with Crippen LogP contribution < -0.4 is 0 Å². The van der Waals surface area contributed by atoms with Crippen LogP contribution in [0.1, 0.15) is 166 Å². The van der Waals surface area contributed by atoms with Gasteiger partial charge in [-0.05, 0) is 99.3 Å². The summed E-state index contributed by atoms with van der Waals surface area (Å²) in [6, 6.07) is 0.800. The summed E-state index contributed by atoms with van der Waals surface area (Å²) < 4.78 is 191. The van der Waals surface area contributed by atoms with Crippen LogP contribution in [0, 0.1) is 23.7 Å². The zero-order valence-electron chi connectivity index (χ0n) is 57.1. The Balaban J connectivity index is 1.62. The highest BCUT2D eigenvalue weighted by molar-refractivity contribution is 5.94. The molecule has 0 saturated carbocycles. The molecule has 0 spiro atoms. The van der Waals surface area contributed by atoms with Crippen LogP contribution >= 0.6 is 0 Å². The molecule has 2 aromatic heterocycles. The Morgan fingerprint density at radius 3 is 0.857 bits per heavy atom. The summed E-state index contributed by atoms with van der Waals surface area (Å²) in [5.74, 6) is -10.4. The number of aromatic nitrogens is 4. The van der Waals surface area contributed by atoms with Gasteiger partial charge in [-0.15, -0.1) is 0 Å². The minimum atomic E-state index is -5.26. The maximum Gasteiger partial charge on any atom is 0.435 e. The lowest BCUT2D eigenvalue weighted by Crippen LogP contribution is -2.55. The largest absolute Gasteiger partial charge is 0.451 e. The smallest absolute Gasteiger partial charge is 0.435 e. The molecule has 0 bridgehead atoms. The van der Waals surface area contributed by atoms with E-state index < -0.39 is 192 Å². The molecule has 1 saturated heterocycles.